The first-order valence-corrected chi connectivity index (χ1v) is 9.98. The van der Waals surface area contributed by atoms with E-state index in [0.717, 1.165) is 50.5 Å². The van der Waals surface area contributed by atoms with E-state index in [4.69, 9.17) is 10.7 Å². The molecule has 5 heteroatoms. The fourth-order valence-corrected chi connectivity index (χ4v) is 4.13. The van der Waals surface area contributed by atoms with Gasteiger partial charge < -0.3 is 10.6 Å². The first-order chi connectivity index (χ1) is 12.8. The summed E-state index contributed by atoms with van der Waals surface area (Å²) < 4.78 is 0. The quantitative estimate of drug-likeness (QED) is 0.700. The second kappa shape index (κ2) is 7.89. The number of piperazine rings is 1. The molecule has 2 heterocycles. The van der Waals surface area contributed by atoms with Crippen LogP contribution in [0.3, 0.4) is 0 Å². The van der Waals surface area contributed by atoms with Crippen LogP contribution >= 0.6 is 11.3 Å². The Bertz CT molecular complexity index is 821. The highest BCUT2D eigenvalue weighted by atomic mass is 32.1. The topological polar surface area (TPSA) is 45.4 Å². The van der Waals surface area contributed by atoms with Gasteiger partial charge in [0, 0.05) is 61.5 Å². The molecule has 1 fully saturated rings. The average Bonchev–Trinajstić information content (AvgIpc) is 3.17. The van der Waals surface area contributed by atoms with E-state index in [1.54, 1.807) is 11.3 Å². The van der Waals surface area contributed by atoms with Gasteiger partial charge in [0.1, 0.15) is 0 Å². The van der Waals surface area contributed by atoms with Gasteiger partial charge in [-0.15, -0.1) is 11.3 Å². The van der Waals surface area contributed by atoms with E-state index in [2.05, 4.69) is 51.6 Å². The fraction of sp³-hybridized carbons (Fsp3) is 0.286. The van der Waals surface area contributed by atoms with E-state index in [0.29, 0.717) is 0 Å². The number of benzene rings is 2. The summed E-state index contributed by atoms with van der Waals surface area (Å²) >= 11 is 1.77. The number of rotatable bonds is 5. The molecule has 26 heavy (non-hydrogen) atoms. The molecule has 2 aromatic carbocycles. The van der Waals surface area contributed by atoms with Crippen LogP contribution in [0.5, 0.6) is 0 Å². The number of nitrogens with two attached hydrogens (primary N) is 1. The van der Waals surface area contributed by atoms with Gasteiger partial charge >= 0.3 is 0 Å². The summed E-state index contributed by atoms with van der Waals surface area (Å²) in [6, 6.07) is 18.6. The maximum Gasteiger partial charge on any atom is 0.0945 e. The van der Waals surface area contributed by atoms with Crippen LogP contribution in [0, 0.1) is 0 Å². The number of nitrogens with zero attached hydrogens (tertiary/aromatic N) is 3. The van der Waals surface area contributed by atoms with Crippen molar-refractivity contribution in [2.75, 3.05) is 43.4 Å². The zero-order valence-electron chi connectivity index (χ0n) is 14.8. The van der Waals surface area contributed by atoms with Crippen molar-refractivity contribution in [1.82, 2.24) is 9.88 Å². The molecule has 1 aromatic heterocycles. The van der Waals surface area contributed by atoms with E-state index < -0.39 is 0 Å². The van der Waals surface area contributed by atoms with Crippen molar-refractivity contribution in [1.29, 1.82) is 0 Å². The summed E-state index contributed by atoms with van der Waals surface area (Å²) in [5.74, 6) is 0. The third-order valence-corrected chi connectivity index (χ3v) is 5.80. The van der Waals surface area contributed by atoms with Crippen LogP contribution in [0.15, 0.2) is 60.0 Å². The van der Waals surface area contributed by atoms with Crippen molar-refractivity contribution >= 4 is 22.7 Å². The summed E-state index contributed by atoms with van der Waals surface area (Å²) in [5.41, 5.74) is 10.2. The molecule has 0 atom stereocenters. The molecular formula is C21H24N4S. The molecule has 0 unspecified atom stereocenters. The lowest BCUT2D eigenvalue weighted by molar-refractivity contribution is 0.261. The minimum atomic E-state index is 0.825. The second-order valence-electron chi connectivity index (χ2n) is 6.66. The fourth-order valence-electron chi connectivity index (χ4n) is 3.34. The van der Waals surface area contributed by atoms with Crippen molar-refractivity contribution in [3.8, 4) is 11.3 Å². The summed E-state index contributed by atoms with van der Waals surface area (Å²) in [6.07, 6.45) is 1.03. The predicted molar refractivity (Wildman–Crippen MR) is 111 cm³/mol. The molecule has 1 aliphatic heterocycles. The molecule has 0 bridgehead atoms. The highest BCUT2D eigenvalue weighted by Gasteiger charge is 2.17. The largest absolute Gasteiger partial charge is 0.399 e. The minimum absolute atomic E-state index is 0.825. The van der Waals surface area contributed by atoms with E-state index >= 15 is 0 Å². The molecule has 0 spiro atoms. The molecule has 3 aromatic rings. The predicted octanol–water partition coefficient (Wildman–Crippen LogP) is 3.76. The molecule has 1 saturated heterocycles. The normalized spacial score (nSPS) is 15.3. The Morgan fingerprint density at radius 3 is 2.38 bits per heavy atom. The Hall–Kier alpha value is -2.37. The number of hydrogen-bond acceptors (Lipinski definition) is 5. The van der Waals surface area contributed by atoms with E-state index in [-0.39, 0.29) is 0 Å². The number of hydrogen-bond donors (Lipinski definition) is 1. The lowest BCUT2D eigenvalue weighted by Gasteiger charge is -2.36. The highest BCUT2D eigenvalue weighted by Crippen LogP contribution is 2.22. The average molecular weight is 365 g/mol. The summed E-state index contributed by atoms with van der Waals surface area (Å²) in [6.45, 7) is 5.41. The Balaban J connectivity index is 1.27. The minimum Gasteiger partial charge on any atom is -0.399 e. The molecular weight excluding hydrogens is 340 g/mol. The van der Waals surface area contributed by atoms with Gasteiger partial charge in [0.25, 0.3) is 0 Å². The van der Waals surface area contributed by atoms with Crippen LogP contribution in [-0.4, -0.2) is 42.6 Å². The van der Waals surface area contributed by atoms with Crippen molar-refractivity contribution in [3.05, 3.63) is 65.0 Å². The van der Waals surface area contributed by atoms with E-state index in [1.165, 1.54) is 16.3 Å². The lowest BCUT2D eigenvalue weighted by Crippen LogP contribution is -2.47. The first kappa shape index (κ1) is 17.1. The van der Waals surface area contributed by atoms with Gasteiger partial charge in [-0.3, -0.25) is 4.90 Å². The van der Waals surface area contributed by atoms with Gasteiger partial charge in [-0.2, -0.15) is 0 Å². The third kappa shape index (κ3) is 4.06. The molecule has 134 valence electrons. The Morgan fingerprint density at radius 1 is 0.923 bits per heavy atom. The van der Waals surface area contributed by atoms with Crippen molar-refractivity contribution in [2.24, 2.45) is 0 Å². The van der Waals surface area contributed by atoms with Crippen LogP contribution in [0.25, 0.3) is 11.3 Å². The molecule has 0 radical (unpaired) electrons. The van der Waals surface area contributed by atoms with Gasteiger partial charge in [-0.1, -0.05) is 30.3 Å². The van der Waals surface area contributed by atoms with Gasteiger partial charge in [0.15, 0.2) is 0 Å². The zero-order chi connectivity index (χ0) is 17.8. The first-order valence-electron chi connectivity index (χ1n) is 9.10. The molecule has 0 aliphatic carbocycles. The Kier molecular flexibility index (Phi) is 5.18. The summed E-state index contributed by atoms with van der Waals surface area (Å²) in [4.78, 5) is 9.78. The standard InChI is InChI=1S/C21H24N4S/c22-18-6-8-19(9-7-18)25-14-12-24(13-15-25)11-10-21-23-20(16-26-21)17-4-2-1-3-5-17/h1-9,16H,10-15,22H2. The summed E-state index contributed by atoms with van der Waals surface area (Å²) in [5, 5.41) is 3.40. The molecule has 4 nitrogen and oxygen atoms in total. The number of anilines is 2. The molecule has 1 aliphatic rings. The monoisotopic (exact) mass is 364 g/mol. The van der Waals surface area contributed by atoms with Gasteiger partial charge in [0.05, 0.1) is 10.7 Å². The molecule has 4 rings (SSSR count). The van der Waals surface area contributed by atoms with Crippen LogP contribution in [0.2, 0.25) is 0 Å². The van der Waals surface area contributed by atoms with Crippen LogP contribution in [0.1, 0.15) is 5.01 Å². The van der Waals surface area contributed by atoms with Crippen molar-refractivity contribution in [2.45, 2.75) is 6.42 Å². The smallest absolute Gasteiger partial charge is 0.0945 e. The van der Waals surface area contributed by atoms with Crippen molar-refractivity contribution in [3.63, 3.8) is 0 Å². The van der Waals surface area contributed by atoms with E-state index in [9.17, 15) is 0 Å². The molecule has 0 amide bonds. The second-order valence-corrected chi connectivity index (χ2v) is 7.61. The van der Waals surface area contributed by atoms with Gasteiger partial charge in [0.2, 0.25) is 0 Å². The Morgan fingerprint density at radius 2 is 1.65 bits per heavy atom. The van der Waals surface area contributed by atoms with Gasteiger partial charge in [-0.25, -0.2) is 4.98 Å². The van der Waals surface area contributed by atoms with Gasteiger partial charge in [-0.05, 0) is 24.3 Å². The molecule has 0 saturated carbocycles. The third-order valence-electron chi connectivity index (χ3n) is 4.89. The van der Waals surface area contributed by atoms with E-state index in [1.807, 2.05) is 18.2 Å². The number of thiazole rings is 1. The zero-order valence-corrected chi connectivity index (χ0v) is 15.7. The number of nitrogen functional groups attached to an aromatic ring is 1. The molecule has 2 N–H and O–H groups in total. The maximum absolute atomic E-state index is 5.78. The summed E-state index contributed by atoms with van der Waals surface area (Å²) in [7, 11) is 0. The van der Waals surface area contributed by atoms with Crippen LogP contribution < -0.4 is 10.6 Å². The maximum atomic E-state index is 5.78. The van der Waals surface area contributed by atoms with Crippen molar-refractivity contribution < 1.29 is 0 Å². The highest BCUT2D eigenvalue weighted by molar-refractivity contribution is 7.09. The van der Waals surface area contributed by atoms with Crippen LogP contribution in [0.4, 0.5) is 11.4 Å². The van der Waals surface area contributed by atoms with Crippen LogP contribution in [-0.2, 0) is 6.42 Å². The Labute approximate surface area is 158 Å². The lowest BCUT2D eigenvalue weighted by atomic mass is 10.2. The SMILES string of the molecule is Nc1ccc(N2CCN(CCc3nc(-c4ccccc4)cs3)CC2)cc1. The number of aromatic nitrogens is 1.